The molecule has 0 bridgehead atoms. The lowest BCUT2D eigenvalue weighted by Gasteiger charge is -2.29. The van der Waals surface area contributed by atoms with Gasteiger partial charge in [0.1, 0.15) is 5.54 Å². The number of rotatable bonds is 8. The molecule has 0 spiro atoms. The topological polar surface area (TPSA) is 87.6 Å². The molecule has 6 nitrogen and oxygen atoms in total. The summed E-state index contributed by atoms with van der Waals surface area (Å²) in [6.45, 7) is -0.106. The Morgan fingerprint density at radius 3 is 2.17 bits per heavy atom. The van der Waals surface area contributed by atoms with Gasteiger partial charge in [-0.1, -0.05) is 72.3 Å². The summed E-state index contributed by atoms with van der Waals surface area (Å²) in [5.41, 5.74) is 1.53. The van der Waals surface area contributed by atoms with Crippen molar-refractivity contribution < 1.29 is 18.3 Å². The molecule has 1 fully saturated rings. The van der Waals surface area contributed by atoms with E-state index < -0.39 is 27.4 Å². The maximum absolute atomic E-state index is 14.0. The van der Waals surface area contributed by atoms with Crippen LogP contribution in [0, 0.1) is 0 Å². The first-order valence-corrected chi connectivity index (χ1v) is 13.2. The highest BCUT2D eigenvalue weighted by Gasteiger charge is 2.67. The minimum absolute atomic E-state index is 0.0310. The SMILES string of the molecule is O=C(O)[C@@]1(N(Cc2cccnc2)S(=O)(=O)c2ccc(-c3ccc(Cl)cc3)cc2)C[C@H]1c1ccccc1. The molecule has 1 aliphatic carbocycles. The van der Waals surface area contributed by atoms with Crippen LogP contribution < -0.4 is 0 Å². The molecular formula is C28H23ClN2O4S. The Hall–Kier alpha value is -3.52. The van der Waals surface area contributed by atoms with Crippen molar-refractivity contribution in [1.82, 2.24) is 9.29 Å². The zero-order chi connectivity index (χ0) is 25.3. The summed E-state index contributed by atoms with van der Waals surface area (Å²) < 4.78 is 29.2. The minimum atomic E-state index is -4.18. The number of carbonyl (C=O) groups is 1. The van der Waals surface area contributed by atoms with E-state index in [1.165, 1.54) is 12.1 Å². The molecule has 1 aromatic heterocycles. The first-order chi connectivity index (χ1) is 17.3. The fourth-order valence-corrected chi connectivity index (χ4v) is 6.53. The maximum atomic E-state index is 14.0. The molecule has 182 valence electrons. The van der Waals surface area contributed by atoms with E-state index in [0.717, 1.165) is 21.0 Å². The fraction of sp³-hybridized carbons (Fsp3) is 0.143. The summed E-state index contributed by atoms with van der Waals surface area (Å²) in [6.07, 6.45) is 3.34. The van der Waals surface area contributed by atoms with Crippen molar-refractivity contribution in [2.24, 2.45) is 0 Å². The van der Waals surface area contributed by atoms with Gasteiger partial charge in [-0.25, -0.2) is 8.42 Å². The van der Waals surface area contributed by atoms with E-state index in [1.807, 2.05) is 42.5 Å². The van der Waals surface area contributed by atoms with Crippen LogP contribution in [0.15, 0.2) is 108 Å². The van der Waals surface area contributed by atoms with Gasteiger partial charge in [0.2, 0.25) is 10.0 Å². The second-order valence-corrected chi connectivity index (χ2v) is 11.1. The summed E-state index contributed by atoms with van der Waals surface area (Å²) in [4.78, 5) is 16.8. The van der Waals surface area contributed by atoms with Crippen LogP contribution in [0.5, 0.6) is 0 Å². The number of hydrogen-bond donors (Lipinski definition) is 1. The van der Waals surface area contributed by atoms with Gasteiger partial charge in [-0.15, -0.1) is 0 Å². The third-order valence-corrected chi connectivity index (χ3v) is 8.77. The smallest absolute Gasteiger partial charge is 0.325 e. The summed E-state index contributed by atoms with van der Waals surface area (Å²) in [6, 6.07) is 26.3. The van der Waals surface area contributed by atoms with Crippen LogP contribution in [-0.2, 0) is 21.4 Å². The Morgan fingerprint density at radius 2 is 1.58 bits per heavy atom. The first-order valence-electron chi connectivity index (χ1n) is 11.4. The lowest BCUT2D eigenvalue weighted by molar-refractivity contribution is -0.143. The molecule has 1 aliphatic rings. The Balaban J connectivity index is 1.56. The van der Waals surface area contributed by atoms with Crippen molar-refractivity contribution in [2.45, 2.75) is 29.3 Å². The molecule has 4 aromatic rings. The summed E-state index contributed by atoms with van der Waals surface area (Å²) >= 11 is 5.98. The molecular weight excluding hydrogens is 496 g/mol. The second-order valence-electron chi connectivity index (χ2n) is 8.80. The highest BCUT2D eigenvalue weighted by atomic mass is 35.5. The molecule has 0 aliphatic heterocycles. The summed E-state index contributed by atoms with van der Waals surface area (Å²) in [5.74, 6) is -1.63. The zero-order valence-corrected chi connectivity index (χ0v) is 20.7. The number of sulfonamides is 1. The van der Waals surface area contributed by atoms with E-state index in [1.54, 1.807) is 48.8 Å². The van der Waals surface area contributed by atoms with Crippen LogP contribution in [0.3, 0.4) is 0 Å². The summed E-state index contributed by atoms with van der Waals surface area (Å²) in [5, 5.41) is 11.0. The monoisotopic (exact) mass is 518 g/mol. The molecule has 0 amide bonds. The number of pyridine rings is 1. The van der Waals surface area contributed by atoms with Crippen molar-refractivity contribution in [3.63, 3.8) is 0 Å². The third kappa shape index (κ3) is 4.41. The number of carboxylic acid groups (broad SMARTS) is 1. The van der Waals surface area contributed by atoms with E-state index in [0.29, 0.717) is 10.6 Å². The molecule has 1 heterocycles. The number of halogens is 1. The predicted octanol–water partition coefficient (Wildman–Crippen LogP) is 5.60. The van der Waals surface area contributed by atoms with Crippen LogP contribution in [0.1, 0.15) is 23.5 Å². The standard InChI is InChI=1S/C28H23ClN2O4S/c29-24-12-8-21(9-13-24)22-10-14-25(15-11-22)36(34,35)31(19-20-5-4-16-30-18-20)28(27(32)33)17-26(28)23-6-2-1-3-7-23/h1-16,18,26H,17,19H2,(H,32,33)/t26-,28+/m0/s1. The number of nitrogens with zero attached hydrogens (tertiary/aromatic N) is 2. The van der Waals surface area contributed by atoms with Gasteiger partial charge >= 0.3 is 5.97 Å². The molecule has 3 aromatic carbocycles. The van der Waals surface area contributed by atoms with Gasteiger partial charge in [-0.05, 0) is 59.0 Å². The van der Waals surface area contributed by atoms with Crippen LogP contribution in [0.4, 0.5) is 0 Å². The van der Waals surface area contributed by atoms with E-state index in [-0.39, 0.29) is 17.9 Å². The van der Waals surface area contributed by atoms with Gasteiger partial charge in [0.15, 0.2) is 0 Å². The summed E-state index contributed by atoms with van der Waals surface area (Å²) in [7, 11) is -4.18. The molecule has 1 saturated carbocycles. The lowest BCUT2D eigenvalue weighted by Crippen LogP contribution is -2.48. The third-order valence-electron chi connectivity index (χ3n) is 6.62. The average molecular weight is 519 g/mol. The van der Waals surface area contributed by atoms with Crippen LogP contribution in [-0.4, -0.2) is 34.3 Å². The van der Waals surface area contributed by atoms with Gasteiger partial charge in [0.05, 0.1) is 4.90 Å². The molecule has 5 rings (SSSR count). The van der Waals surface area contributed by atoms with Crippen molar-refractivity contribution >= 4 is 27.6 Å². The quantitative estimate of drug-likeness (QED) is 0.328. The molecule has 8 heteroatoms. The highest BCUT2D eigenvalue weighted by Crippen LogP contribution is 2.57. The zero-order valence-electron chi connectivity index (χ0n) is 19.2. The minimum Gasteiger partial charge on any atom is -0.480 e. The highest BCUT2D eigenvalue weighted by molar-refractivity contribution is 7.89. The Labute approximate surface area is 214 Å². The molecule has 0 saturated heterocycles. The van der Waals surface area contributed by atoms with Crippen LogP contribution in [0.2, 0.25) is 5.02 Å². The van der Waals surface area contributed by atoms with Gasteiger partial charge in [0.25, 0.3) is 0 Å². The molecule has 0 unspecified atom stereocenters. The van der Waals surface area contributed by atoms with Gasteiger partial charge < -0.3 is 5.11 Å². The average Bonchev–Trinajstić information content (AvgIpc) is 3.66. The molecule has 0 radical (unpaired) electrons. The van der Waals surface area contributed by atoms with Gasteiger partial charge in [0, 0.05) is 29.9 Å². The number of carboxylic acids is 1. The number of hydrogen-bond acceptors (Lipinski definition) is 4. The Morgan fingerprint density at radius 1 is 0.944 bits per heavy atom. The van der Waals surface area contributed by atoms with Crippen molar-refractivity contribution in [3.05, 3.63) is 120 Å². The van der Waals surface area contributed by atoms with Crippen molar-refractivity contribution in [1.29, 1.82) is 0 Å². The lowest BCUT2D eigenvalue weighted by atomic mass is 10.1. The van der Waals surface area contributed by atoms with Crippen molar-refractivity contribution in [2.75, 3.05) is 0 Å². The molecule has 2 atom stereocenters. The fourth-order valence-electron chi connectivity index (χ4n) is 4.64. The van der Waals surface area contributed by atoms with E-state index in [4.69, 9.17) is 11.6 Å². The van der Waals surface area contributed by atoms with Crippen LogP contribution >= 0.6 is 11.6 Å². The Kier molecular flexibility index (Phi) is 6.38. The molecule has 36 heavy (non-hydrogen) atoms. The van der Waals surface area contributed by atoms with E-state index in [9.17, 15) is 18.3 Å². The number of benzene rings is 3. The van der Waals surface area contributed by atoms with E-state index >= 15 is 0 Å². The number of aromatic nitrogens is 1. The second kappa shape index (κ2) is 9.50. The van der Waals surface area contributed by atoms with Gasteiger partial charge in [-0.3, -0.25) is 9.78 Å². The van der Waals surface area contributed by atoms with Crippen molar-refractivity contribution in [3.8, 4) is 11.1 Å². The van der Waals surface area contributed by atoms with Gasteiger partial charge in [-0.2, -0.15) is 4.31 Å². The Bertz CT molecular complexity index is 1480. The predicted molar refractivity (Wildman–Crippen MR) is 138 cm³/mol. The first kappa shape index (κ1) is 24.2. The van der Waals surface area contributed by atoms with E-state index in [2.05, 4.69) is 4.98 Å². The maximum Gasteiger partial charge on any atom is 0.325 e. The normalized spacial score (nSPS) is 19.2. The molecule has 1 N–H and O–H groups in total. The largest absolute Gasteiger partial charge is 0.480 e. The van der Waals surface area contributed by atoms with Crippen LogP contribution in [0.25, 0.3) is 11.1 Å². The number of aliphatic carboxylic acids is 1.